The van der Waals surface area contributed by atoms with Gasteiger partial charge >= 0.3 is 11.8 Å². The molecule has 1 unspecified atom stereocenters. The van der Waals surface area contributed by atoms with Crippen LogP contribution in [0.4, 0.5) is 11.4 Å². The van der Waals surface area contributed by atoms with Gasteiger partial charge in [-0.1, -0.05) is 56.3 Å². The molecule has 0 bridgehead atoms. The number of amides is 3. The molecule has 1 saturated carbocycles. The highest BCUT2D eigenvalue weighted by molar-refractivity contribution is 6.12. The third-order valence-electron chi connectivity index (χ3n) is 14.3. The van der Waals surface area contributed by atoms with E-state index in [0.717, 1.165) is 63.1 Å². The predicted octanol–water partition coefficient (Wildman–Crippen LogP) is 7.71. The number of fused-ring (bicyclic) bond motifs is 3. The summed E-state index contributed by atoms with van der Waals surface area (Å²) in [5.41, 5.74) is 9.33. The molecule has 1 spiro atoms. The smallest absolute Gasteiger partial charge is 0.315 e. The standard InChI is InChI=1S/C49H56N10O4/c1-28-22-31(8-12-36(28)29(2)52-45(62)46-56-47(57-63-46)48(3,4)5)42-41-37-13-11-34(25-39(37)54-43(41)51-27-50-42)58-19-16-49(17-20-58)18-21-59(26-49)35-23-32(24-35)30-6-9-33(10-7-30)53-38-14-15-40(60)55-44(38)61/h6-13,22,25,27,29,32,35,38,53H,14-21,23-24,26H2,1-5H3,(H,52,62)(H,50,51,54)(H,55,60,61)/t29-,32?,35?,38?/m1/s1. The Balaban J connectivity index is 0.750. The molecule has 4 N–H and O–H groups in total. The molecule has 14 nitrogen and oxygen atoms in total. The molecule has 3 saturated heterocycles. The molecule has 3 aromatic carbocycles. The van der Waals surface area contributed by atoms with Crippen LogP contribution in [-0.2, 0) is 15.0 Å². The largest absolute Gasteiger partial charge is 0.374 e. The Bertz CT molecular complexity index is 2720. The number of carbonyl (C=O) groups excluding carboxylic acids is 3. The molecule has 326 valence electrons. The predicted molar refractivity (Wildman–Crippen MR) is 243 cm³/mol. The number of benzene rings is 3. The fourth-order valence-corrected chi connectivity index (χ4v) is 10.4. The van der Waals surface area contributed by atoms with Crippen LogP contribution < -0.4 is 20.9 Å². The fraction of sp³-hybridized carbons (Fsp3) is 0.449. The molecule has 1 aliphatic carbocycles. The van der Waals surface area contributed by atoms with Gasteiger partial charge in [-0.25, -0.2) is 9.97 Å². The number of aromatic nitrogens is 5. The number of hydrogen-bond donors (Lipinski definition) is 4. The number of anilines is 2. The molecule has 2 atom stereocenters. The second-order valence-electron chi connectivity index (χ2n) is 19.5. The van der Waals surface area contributed by atoms with Gasteiger partial charge in [-0.2, -0.15) is 4.98 Å². The van der Waals surface area contributed by atoms with Crippen molar-refractivity contribution < 1.29 is 18.9 Å². The molecule has 10 rings (SSSR count). The van der Waals surface area contributed by atoms with Gasteiger partial charge in [0, 0.05) is 65.4 Å². The van der Waals surface area contributed by atoms with Crippen LogP contribution in [0.3, 0.4) is 0 Å². The van der Waals surface area contributed by atoms with E-state index in [-0.39, 0.29) is 35.2 Å². The Morgan fingerprint density at radius 2 is 1.75 bits per heavy atom. The highest BCUT2D eigenvalue weighted by Crippen LogP contribution is 2.47. The molecule has 3 amide bonds. The summed E-state index contributed by atoms with van der Waals surface area (Å²) in [6.45, 7) is 14.4. The highest BCUT2D eigenvalue weighted by atomic mass is 16.5. The van der Waals surface area contributed by atoms with E-state index in [9.17, 15) is 14.4 Å². The van der Waals surface area contributed by atoms with Gasteiger partial charge in [0.15, 0.2) is 5.82 Å². The first-order valence-corrected chi connectivity index (χ1v) is 22.5. The van der Waals surface area contributed by atoms with Crippen LogP contribution in [0.1, 0.15) is 118 Å². The van der Waals surface area contributed by atoms with E-state index in [1.165, 1.54) is 56.4 Å². The number of aromatic amines is 1. The first kappa shape index (κ1) is 40.9. The maximum Gasteiger partial charge on any atom is 0.315 e. The van der Waals surface area contributed by atoms with Crippen molar-refractivity contribution in [1.29, 1.82) is 0 Å². The number of aryl methyl sites for hydroxylation is 1. The van der Waals surface area contributed by atoms with Crippen LogP contribution in [0, 0.1) is 12.3 Å². The van der Waals surface area contributed by atoms with Crippen molar-refractivity contribution in [2.75, 3.05) is 36.4 Å². The van der Waals surface area contributed by atoms with E-state index in [4.69, 9.17) is 9.51 Å². The lowest BCUT2D eigenvalue weighted by atomic mass is 9.74. The average molecular weight is 849 g/mol. The van der Waals surface area contributed by atoms with Gasteiger partial charge in [0.1, 0.15) is 18.0 Å². The number of likely N-dealkylation sites (tertiary alicyclic amines) is 1. The lowest BCUT2D eigenvalue weighted by Crippen LogP contribution is -2.47. The van der Waals surface area contributed by atoms with Gasteiger partial charge in [0.25, 0.3) is 0 Å². The number of H-pyrrole nitrogens is 1. The molecule has 6 aromatic rings. The molecule has 3 aromatic heterocycles. The Kier molecular flexibility index (Phi) is 10.3. The van der Waals surface area contributed by atoms with Crippen LogP contribution in [0.2, 0.25) is 0 Å². The molecule has 14 heteroatoms. The van der Waals surface area contributed by atoms with Crippen LogP contribution in [0.15, 0.2) is 71.5 Å². The van der Waals surface area contributed by atoms with E-state index in [2.05, 4.69) is 107 Å². The van der Waals surface area contributed by atoms with Crippen molar-refractivity contribution in [2.45, 2.75) is 109 Å². The van der Waals surface area contributed by atoms with Crippen molar-refractivity contribution in [3.8, 4) is 11.3 Å². The third kappa shape index (κ3) is 7.94. The van der Waals surface area contributed by atoms with Crippen molar-refractivity contribution in [1.82, 2.24) is 40.6 Å². The molecule has 0 radical (unpaired) electrons. The quantitative estimate of drug-likeness (QED) is 0.105. The summed E-state index contributed by atoms with van der Waals surface area (Å²) < 4.78 is 5.27. The Morgan fingerprint density at radius 3 is 2.48 bits per heavy atom. The number of piperidine rings is 2. The zero-order chi connectivity index (χ0) is 43.6. The summed E-state index contributed by atoms with van der Waals surface area (Å²) in [4.78, 5) is 59.3. The third-order valence-corrected chi connectivity index (χ3v) is 14.3. The molecule has 6 heterocycles. The van der Waals surface area contributed by atoms with Crippen LogP contribution in [-0.4, -0.2) is 86.0 Å². The van der Waals surface area contributed by atoms with Crippen molar-refractivity contribution >= 4 is 51.0 Å². The Hall–Kier alpha value is -6.15. The highest BCUT2D eigenvalue weighted by Gasteiger charge is 2.45. The van der Waals surface area contributed by atoms with Gasteiger partial charge in [0.05, 0.1) is 17.1 Å². The normalized spacial score (nSPS) is 22.0. The maximum absolute atomic E-state index is 13.0. The lowest BCUT2D eigenvalue weighted by Gasteiger charge is -2.44. The van der Waals surface area contributed by atoms with Crippen molar-refractivity contribution in [3.63, 3.8) is 0 Å². The van der Waals surface area contributed by atoms with Gasteiger partial charge in [-0.3, -0.25) is 24.6 Å². The minimum atomic E-state index is -0.401. The zero-order valence-corrected chi connectivity index (χ0v) is 36.8. The first-order chi connectivity index (χ1) is 30.3. The minimum absolute atomic E-state index is 0.0407. The van der Waals surface area contributed by atoms with E-state index in [1.54, 1.807) is 6.33 Å². The van der Waals surface area contributed by atoms with Gasteiger partial charge in [-0.15, -0.1) is 0 Å². The van der Waals surface area contributed by atoms with Crippen molar-refractivity contribution in [2.24, 2.45) is 5.41 Å². The number of nitrogens with zero attached hydrogens (tertiary/aromatic N) is 6. The number of nitrogens with one attached hydrogen (secondary N) is 4. The molecular formula is C49H56N10O4. The second-order valence-corrected chi connectivity index (χ2v) is 19.5. The van der Waals surface area contributed by atoms with E-state index in [1.807, 2.05) is 33.8 Å². The van der Waals surface area contributed by atoms with E-state index < -0.39 is 5.91 Å². The van der Waals surface area contributed by atoms with Crippen LogP contribution in [0.25, 0.3) is 33.2 Å². The van der Waals surface area contributed by atoms with Crippen LogP contribution >= 0.6 is 0 Å². The monoisotopic (exact) mass is 848 g/mol. The average Bonchev–Trinajstić information content (AvgIpc) is 4.00. The SMILES string of the molecule is Cc1cc(-c2ncnc3[nH]c4cc(N5CCC6(CC5)CCN(C5CC(c7ccc(NC8CCC(=O)NC8=O)cc7)C5)C6)ccc4c23)ccc1[C@@H](C)NC(=O)c1nc(C(C)(C)C)no1. The number of rotatable bonds is 9. The van der Waals surface area contributed by atoms with Gasteiger partial charge in [0.2, 0.25) is 11.8 Å². The Morgan fingerprint density at radius 1 is 0.968 bits per heavy atom. The zero-order valence-electron chi connectivity index (χ0n) is 36.8. The molecule has 4 fully saturated rings. The van der Waals surface area contributed by atoms with E-state index in [0.29, 0.717) is 36.0 Å². The molecule has 3 aliphatic heterocycles. The van der Waals surface area contributed by atoms with Gasteiger partial charge in [-0.05, 0) is 117 Å². The van der Waals surface area contributed by atoms with E-state index >= 15 is 0 Å². The summed E-state index contributed by atoms with van der Waals surface area (Å²) >= 11 is 0. The summed E-state index contributed by atoms with van der Waals surface area (Å²) in [5.74, 6) is 0.191. The topological polar surface area (TPSA) is 174 Å². The lowest BCUT2D eigenvalue weighted by molar-refractivity contribution is -0.133. The van der Waals surface area contributed by atoms with Crippen molar-refractivity contribution in [3.05, 3.63) is 95.4 Å². The Labute approximate surface area is 367 Å². The first-order valence-electron chi connectivity index (χ1n) is 22.5. The summed E-state index contributed by atoms with van der Waals surface area (Å²) in [6, 6.07) is 21.5. The fourth-order valence-electron chi connectivity index (χ4n) is 10.4. The van der Waals surface area contributed by atoms with Gasteiger partial charge < -0.3 is 25.0 Å². The maximum atomic E-state index is 13.0. The molecule has 63 heavy (non-hydrogen) atoms. The number of imide groups is 1. The molecule has 4 aliphatic rings. The number of carbonyl (C=O) groups is 3. The second kappa shape index (κ2) is 15.9. The minimum Gasteiger partial charge on any atom is -0.374 e. The number of hydrogen-bond acceptors (Lipinski definition) is 11. The summed E-state index contributed by atoms with van der Waals surface area (Å²) in [7, 11) is 0. The summed E-state index contributed by atoms with van der Waals surface area (Å²) in [6.07, 6.45) is 8.60. The molecular weight excluding hydrogens is 793 g/mol. The summed E-state index contributed by atoms with van der Waals surface area (Å²) in [5, 5.41) is 14.8. The van der Waals surface area contributed by atoms with Crippen LogP contribution in [0.5, 0.6) is 0 Å².